The predicted octanol–water partition coefficient (Wildman–Crippen LogP) is 9.14. The number of amides is 1. The van der Waals surface area contributed by atoms with Gasteiger partial charge in [-0.15, -0.1) is 0 Å². The summed E-state index contributed by atoms with van der Waals surface area (Å²) in [5, 5.41) is 5.28. The predicted molar refractivity (Wildman–Crippen MR) is 196 cm³/mol. The van der Waals surface area contributed by atoms with Gasteiger partial charge in [-0.05, 0) is 86.0 Å². The number of carbonyl (C=O) groups excluding carboxylic acids is 1. The molecule has 0 radical (unpaired) electrons. The first kappa shape index (κ1) is 32.4. The summed E-state index contributed by atoms with van der Waals surface area (Å²) in [7, 11) is 0. The van der Waals surface area contributed by atoms with E-state index in [9.17, 15) is 4.79 Å². The largest absolute Gasteiger partial charge is 0.355 e. The van der Waals surface area contributed by atoms with E-state index in [4.69, 9.17) is 28.9 Å². The standard InChI is InChI=1S/C38H38Cl2N6O/c1-4-46(25(3)27-12-14-28(39)15-13-27)36(24(2)26-9-6-5-7-10-26)34-31-17-16-29(40)23-33(31)43-35(34)38(47)44-32-11-8-20-42-37(32)45-21-18-30(41)19-22-45/h4-17,20,23,25,30,43H,1,18-19,21-22,41H2,2-3H3,(H,44,47)/b36-24+. The minimum Gasteiger partial charge on any atom is -0.355 e. The number of allylic oxidation sites excluding steroid dienone is 1. The van der Waals surface area contributed by atoms with Crippen molar-refractivity contribution in [3.05, 3.63) is 136 Å². The molecule has 0 aliphatic carbocycles. The first-order valence-electron chi connectivity index (χ1n) is 15.8. The molecule has 1 amide bonds. The molecule has 1 atom stereocenters. The maximum atomic E-state index is 14.5. The highest BCUT2D eigenvalue weighted by Gasteiger charge is 2.29. The Morgan fingerprint density at radius 2 is 1.74 bits per heavy atom. The molecule has 5 aromatic rings. The molecule has 1 fully saturated rings. The highest BCUT2D eigenvalue weighted by molar-refractivity contribution is 6.31. The zero-order chi connectivity index (χ0) is 33.1. The van der Waals surface area contributed by atoms with E-state index in [2.05, 4.69) is 57.6 Å². The van der Waals surface area contributed by atoms with Gasteiger partial charge >= 0.3 is 0 Å². The van der Waals surface area contributed by atoms with Crippen molar-refractivity contribution in [2.75, 3.05) is 23.3 Å². The topological polar surface area (TPSA) is 90.3 Å². The molecular formula is C38H38Cl2N6O. The van der Waals surface area contributed by atoms with Crippen molar-refractivity contribution in [2.45, 2.75) is 38.8 Å². The molecular weight excluding hydrogens is 627 g/mol. The number of benzene rings is 3. The number of fused-ring (bicyclic) bond motifs is 1. The third kappa shape index (κ3) is 6.79. The lowest BCUT2D eigenvalue weighted by molar-refractivity contribution is 0.102. The van der Waals surface area contributed by atoms with Gasteiger partial charge in [-0.1, -0.05) is 78.3 Å². The fourth-order valence-electron chi connectivity index (χ4n) is 6.31. The molecule has 6 rings (SSSR count). The minimum absolute atomic E-state index is 0.151. The Morgan fingerprint density at radius 3 is 2.45 bits per heavy atom. The Labute approximate surface area is 285 Å². The zero-order valence-corrected chi connectivity index (χ0v) is 28.0. The molecule has 1 aliphatic heterocycles. The van der Waals surface area contributed by atoms with E-state index in [1.807, 2.05) is 79.0 Å². The summed E-state index contributed by atoms with van der Waals surface area (Å²) in [5.41, 5.74) is 12.6. The van der Waals surface area contributed by atoms with E-state index in [0.717, 1.165) is 70.6 Å². The molecule has 3 heterocycles. The SMILES string of the molecule is C=CN(/C(=C(\C)c1ccccc1)c1c(C(=O)Nc2cccnc2N2CCC(N)CC2)[nH]c2cc(Cl)ccc12)C(C)c1ccc(Cl)cc1. The van der Waals surface area contributed by atoms with Crippen LogP contribution in [0, 0.1) is 0 Å². The number of H-pyrrole nitrogens is 1. The van der Waals surface area contributed by atoms with Crippen LogP contribution in [0.4, 0.5) is 11.5 Å². The number of anilines is 2. The average Bonchev–Trinajstić information content (AvgIpc) is 3.46. The molecule has 0 saturated carbocycles. The van der Waals surface area contributed by atoms with Crippen LogP contribution in [0.3, 0.4) is 0 Å². The lowest BCUT2D eigenvalue weighted by Crippen LogP contribution is -2.40. The summed E-state index contributed by atoms with van der Waals surface area (Å²) in [5.74, 6) is 0.436. The second-order valence-corrected chi connectivity index (χ2v) is 12.7. The van der Waals surface area contributed by atoms with Crippen LogP contribution >= 0.6 is 23.2 Å². The Hall–Kier alpha value is -4.56. The first-order chi connectivity index (χ1) is 22.7. The van der Waals surface area contributed by atoms with Crippen molar-refractivity contribution in [1.29, 1.82) is 0 Å². The number of nitrogens with zero attached hydrogens (tertiary/aromatic N) is 3. The van der Waals surface area contributed by atoms with Gasteiger partial charge < -0.3 is 25.8 Å². The number of aromatic amines is 1. The van der Waals surface area contributed by atoms with Gasteiger partial charge in [0.25, 0.3) is 5.91 Å². The number of piperidine rings is 1. The second-order valence-electron chi connectivity index (χ2n) is 11.9. The number of pyridine rings is 1. The lowest BCUT2D eigenvalue weighted by atomic mass is 9.95. The summed E-state index contributed by atoms with van der Waals surface area (Å²) < 4.78 is 0. The van der Waals surface area contributed by atoms with Gasteiger partial charge in [0.1, 0.15) is 5.69 Å². The third-order valence-electron chi connectivity index (χ3n) is 8.89. The van der Waals surface area contributed by atoms with E-state index in [1.54, 1.807) is 6.20 Å². The third-order valence-corrected chi connectivity index (χ3v) is 9.37. The molecule has 1 aliphatic rings. The summed E-state index contributed by atoms with van der Waals surface area (Å²) in [6.07, 6.45) is 5.30. The molecule has 0 bridgehead atoms. The highest BCUT2D eigenvalue weighted by atomic mass is 35.5. The van der Waals surface area contributed by atoms with Crippen LogP contribution in [0.1, 0.15) is 59.9 Å². The molecule has 4 N–H and O–H groups in total. The van der Waals surface area contributed by atoms with Crippen molar-refractivity contribution in [3.63, 3.8) is 0 Å². The Bertz CT molecular complexity index is 1930. The summed E-state index contributed by atoms with van der Waals surface area (Å²) in [6.45, 7) is 9.99. The Kier molecular flexibility index (Phi) is 9.68. The highest BCUT2D eigenvalue weighted by Crippen LogP contribution is 2.41. The number of rotatable bonds is 9. The fourth-order valence-corrected chi connectivity index (χ4v) is 6.61. The van der Waals surface area contributed by atoms with Crippen LogP contribution in [0.2, 0.25) is 10.0 Å². The number of halogens is 2. The summed E-state index contributed by atoms with van der Waals surface area (Å²) in [6, 6.07) is 27.3. The van der Waals surface area contributed by atoms with Crippen LogP contribution in [0.5, 0.6) is 0 Å². The first-order valence-corrected chi connectivity index (χ1v) is 16.5. The van der Waals surface area contributed by atoms with Gasteiger partial charge in [0.15, 0.2) is 5.82 Å². The van der Waals surface area contributed by atoms with Crippen LogP contribution in [0.15, 0.2) is 104 Å². The number of hydrogen-bond donors (Lipinski definition) is 3. The molecule has 47 heavy (non-hydrogen) atoms. The van der Waals surface area contributed by atoms with Gasteiger partial charge in [-0.2, -0.15) is 0 Å². The van der Waals surface area contributed by atoms with Gasteiger partial charge in [0.05, 0.1) is 17.4 Å². The molecule has 1 unspecified atom stereocenters. The monoisotopic (exact) mass is 664 g/mol. The van der Waals surface area contributed by atoms with E-state index < -0.39 is 0 Å². The number of hydrogen-bond acceptors (Lipinski definition) is 5. The second kappa shape index (κ2) is 14.1. The maximum Gasteiger partial charge on any atom is 0.272 e. The number of nitrogens with two attached hydrogens (primary N) is 1. The molecule has 7 nitrogen and oxygen atoms in total. The molecule has 3 aromatic carbocycles. The molecule has 1 saturated heterocycles. The Balaban J connectivity index is 1.52. The molecule has 9 heteroatoms. The smallest absolute Gasteiger partial charge is 0.272 e. The Morgan fingerprint density at radius 1 is 1.04 bits per heavy atom. The van der Waals surface area contributed by atoms with Crippen molar-refractivity contribution >= 4 is 62.8 Å². The molecule has 240 valence electrons. The van der Waals surface area contributed by atoms with E-state index in [-0.39, 0.29) is 18.0 Å². The van der Waals surface area contributed by atoms with E-state index in [0.29, 0.717) is 21.4 Å². The fraction of sp³-hybridized carbons (Fsp3) is 0.211. The minimum atomic E-state index is -0.295. The normalized spacial score (nSPS) is 14.9. The summed E-state index contributed by atoms with van der Waals surface area (Å²) in [4.78, 5) is 26.9. The van der Waals surface area contributed by atoms with Crippen LogP contribution < -0.4 is 16.0 Å². The summed E-state index contributed by atoms with van der Waals surface area (Å²) >= 11 is 12.7. The number of nitrogens with one attached hydrogen (secondary N) is 2. The van der Waals surface area contributed by atoms with Crippen LogP contribution in [0.25, 0.3) is 22.2 Å². The van der Waals surface area contributed by atoms with E-state index >= 15 is 0 Å². The van der Waals surface area contributed by atoms with Gasteiger partial charge in [-0.3, -0.25) is 4.79 Å². The number of aromatic nitrogens is 2. The van der Waals surface area contributed by atoms with E-state index in [1.165, 1.54) is 0 Å². The molecule has 2 aromatic heterocycles. The van der Waals surface area contributed by atoms with Crippen molar-refractivity contribution in [1.82, 2.24) is 14.9 Å². The van der Waals surface area contributed by atoms with Crippen LogP contribution in [-0.2, 0) is 0 Å². The van der Waals surface area contributed by atoms with Crippen LogP contribution in [-0.4, -0.2) is 39.9 Å². The van der Waals surface area contributed by atoms with Gasteiger partial charge in [0, 0.05) is 51.8 Å². The van der Waals surface area contributed by atoms with Crippen molar-refractivity contribution < 1.29 is 4.79 Å². The van der Waals surface area contributed by atoms with Gasteiger partial charge in [-0.25, -0.2) is 4.98 Å². The quantitative estimate of drug-likeness (QED) is 0.146. The average molecular weight is 666 g/mol. The molecule has 0 spiro atoms. The van der Waals surface area contributed by atoms with Gasteiger partial charge in [0.2, 0.25) is 0 Å². The lowest BCUT2D eigenvalue weighted by Gasteiger charge is -2.33. The van der Waals surface area contributed by atoms with Crippen molar-refractivity contribution in [3.8, 4) is 0 Å². The van der Waals surface area contributed by atoms with Crippen molar-refractivity contribution in [2.24, 2.45) is 5.73 Å². The zero-order valence-electron chi connectivity index (χ0n) is 26.5. The maximum absolute atomic E-state index is 14.5. The number of carbonyl (C=O) groups is 1.